The third kappa shape index (κ3) is 3.66. The molecule has 2 aromatic carbocycles. The predicted octanol–water partition coefficient (Wildman–Crippen LogP) is 3.81. The Hall–Kier alpha value is -0.681. The van der Waals surface area contributed by atoms with Crippen LogP contribution in [0.1, 0.15) is 15.1 Å². The van der Waals surface area contributed by atoms with Crippen LogP contribution in [-0.2, 0) is 0 Å². The average molecular weight is 426 g/mol. The van der Waals surface area contributed by atoms with Gasteiger partial charge in [-0.15, -0.1) is 0 Å². The number of ether oxygens (including phenoxy) is 2. The molecule has 0 amide bonds. The minimum absolute atomic E-state index is 0.500. The number of halogens is 1. The van der Waals surface area contributed by atoms with Gasteiger partial charge in [-0.1, -0.05) is 0 Å². The van der Waals surface area contributed by atoms with Crippen molar-refractivity contribution in [3.05, 3.63) is 59.7 Å². The van der Waals surface area contributed by atoms with Crippen LogP contribution in [0.2, 0.25) is 0 Å². The summed E-state index contributed by atoms with van der Waals surface area (Å²) in [5.41, 5.74) is 2.68. The molecule has 98 valence electrons. The van der Waals surface area contributed by atoms with Crippen LogP contribution in [0.15, 0.2) is 48.5 Å². The number of methoxy groups -OCH3 is 2. The molecule has 2 rings (SSSR count). The number of benzene rings is 2. The molecule has 0 saturated carbocycles. The van der Waals surface area contributed by atoms with E-state index in [4.69, 9.17) is 9.47 Å². The Labute approximate surface area is 130 Å². The summed E-state index contributed by atoms with van der Waals surface area (Å²) in [4.78, 5) is 0. The first-order chi connectivity index (χ1) is 9.28. The quantitative estimate of drug-likeness (QED) is 0.678. The van der Waals surface area contributed by atoms with Gasteiger partial charge >= 0.3 is 130 Å². The maximum atomic E-state index is 5.20. The van der Waals surface area contributed by atoms with Gasteiger partial charge in [-0.2, -0.15) is 0 Å². The fourth-order valence-electron chi connectivity index (χ4n) is 1.91. The molecule has 0 aliphatic rings. The second-order valence-electron chi connectivity index (χ2n) is 4.09. The van der Waals surface area contributed by atoms with Crippen LogP contribution in [0.3, 0.4) is 0 Å². The summed E-state index contributed by atoms with van der Waals surface area (Å²) in [5.74, 6) is 1.80. The molecular formula is C15H15BrO2Sn. The van der Waals surface area contributed by atoms with Gasteiger partial charge in [0.25, 0.3) is 0 Å². The van der Waals surface area contributed by atoms with E-state index in [0.717, 1.165) is 11.5 Å². The van der Waals surface area contributed by atoms with Crippen molar-refractivity contribution in [3.8, 4) is 11.5 Å². The first-order valence-corrected chi connectivity index (χ1v) is 14.0. The van der Waals surface area contributed by atoms with Crippen LogP contribution in [0, 0.1) is 0 Å². The van der Waals surface area contributed by atoms with Crippen molar-refractivity contribution < 1.29 is 9.47 Å². The molecule has 0 aliphatic carbocycles. The van der Waals surface area contributed by atoms with E-state index < -0.39 is 18.9 Å². The molecule has 2 radical (unpaired) electrons. The van der Waals surface area contributed by atoms with Crippen molar-refractivity contribution in [3.63, 3.8) is 0 Å². The topological polar surface area (TPSA) is 18.5 Å². The molecule has 0 heterocycles. The Kier molecular flexibility index (Phi) is 5.57. The molecule has 2 aromatic rings. The summed E-state index contributed by atoms with van der Waals surface area (Å²) in [6.07, 6.45) is 0. The molecule has 0 N–H and O–H groups in total. The van der Waals surface area contributed by atoms with E-state index in [0.29, 0.717) is 3.93 Å². The van der Waals surface area contributed by atoms with E-state index in [-0.39, 0.29) is 0 Å². The normalized spacial score (nSPS) is 10.5. The predicted molar refractivity (Wildman–Crippen MR) is 82.5 cm³/mol. The van der Waals surface area contributed by atoms with Crippen molar-refractivity contribution >= 4 is 31.6 Å². The molecule has 0 atom stereocenters. The van der Waals surface area contributed by atoms with Gasteiger partial charge in [0, 0.05) is 0 Å². The zero-order valence-corrected chi connectivity index (χ0v) is 15.3. The van der Waals surface area contributed by atoms with Gasteiger partial charge in [0.2, 0.25) is 0 Å². The second kappa shape index (κ2) is 7.19. The van der Waals surface area contributed by atoms with Gasteiger partial charge in [-0.25, -0.2) is 0 Å². The van der Waals surface area contributed by atoms with E-state index in [1.807, 2.05) is 24.3 Å². The molecule has 2 nitrogen and oxygen atoms in total. The van der Waals surface area contributed by atoms with Crippen LogP contribution < -0.4 is 9.47 Å². The van der Waals surface area contributed by atoms with Crippen molar-refractivity contribution in [1.29, 1.82) is 0 Å². The standard InChI is InChI=1S/C15H15O2.BrH.Sn/c1-16-14-7-3-12(4-8-14)11-13-5-9-15(17-2)10-6-13;;/h3-11H,1-2H3;1H;/q;;+1/p-1. The van der Waals surface area contributed by atoms with Gasteiger partial charge in [0.05, 0.1) is 0 Å². The zero-order valence-electron chi connectivity index (χ0n) is 10.9. The second-order valence-corrected chi connectivity index (χ2v) is 9.43. The molecule has 0 spiro atoms. The Bertz CT molecular complexity index is 463. The molecule has 0 aromatic heterocycles. The summed E-state index contributed by atoms with van der Waals surface area (Å²) in [5, 5.41) is 0. The van der Waals surface area contributed by atoms with Gasteiger partial charge < -0.3 is 0 Å². The molecule has 4 heteroatoms. The first kappa shape index (κ1) is 14.7. The Morgan fingerprint density at radius 2 is 1.16 bits per heavy atom. The van der Waals surface area contributed by atoms with Crippen LogP contribution in [0.5, 0.6) is 11.5 Å². The van der Waals surface area contributed by atoms with E-state index in [9.17, 15) is 0 Å². The average Bonchev–Trinajstić information content (AvgIpc) is 2.49. The molecule has 0 unspecified atom stereocenters. The maximum absolute atomic E-state index is 5.20. The monoisotopic (exact) mass is 426 g/mol. The molecule has 0 bridgehead atoms. The van der Waals surface area contributed by atoms with E-state index in [1.165, 1.54) is 11.1 Å². The Morgan fingerprint density at radius 3 is 1.42 bits per heavy atom. The Balaban J connectivity index is 2.26. The molecule has 0 fully saturated rings. The van der Waals surface area contributed by atoms with Crippen LogP contribution >= 0.6 is 12.7 Å². The number of rotatable bonds is 5. The van der Waals surface area contributed by atoms with Crippen LogP contribution in [0.25, 0.3) is 0 Å². The van der Waals surface area contributed by atoms with Crippen LogP contribution in [-0.4, -0.2) is 33.1 Å². The third-order valence-corrected chi connectivity index (χ3v) is 8.60. The molecular weight excluding hydrogens is 411 g/mol. The van der Waals surface area contributed by atoms with E-state index in [1.54, 1.807) is 14.2 Å². The summed E-state index contributed by atoms with van der Waals surface area (Å²) < 4.78 is 10.9. The SMILES string of the molecule is COc1ccc([CH]([Sn][Br])c2ccc(OC)cc2)cc1. The summed E-state index contributed by atoms with van der Waals surface area (Å²) in [6.45, 7) is 0. The number of hydrogen-bond donors (Lipinski definition) is 0. The van der Waals surface area contributed by atoms with Gasteiger partial charge in [-0.3, -0.25) is 0 Å². The first-order valence-electron chi connectivity index (χ1n) is 5.92. The summed E-state index contributed by atoms with van der Waals surface area (Å²) in [7, 11) is 3.38. The van der Waals surface area contributed by atoms with Gasteiger partial charge in [-0.05, 0) is 0 Å². The van der Waals surface area contributed by atoms with Crippen molar-refractivity contribution in [2.75, 3.05) is 14.2 Å². The van der Waals surface area contributed by atoms with Crippen molar-refractivity contribution in [1.82, 2.24) is 0 Å². The summed E-state index contributed by atoms with van der Waals surface area (Å²) in [6, 6.07) is 16.7. The third-order valence-electron chi connectivity index (χ3n) is 3.01. The minimum atomic E-state index is -0.656. The molecule has 0 aliphatic heterocycles. The van der Waals surface area contributed by atoms with Crippen molar-refractivity contribution in [2.45, 2.75) is 3.93 Å². The Morgan fingerprint density at radius 1 is 0.789 bits per heavy atom. The summed E-state index contributed by atoms with van der Waals surface area (Å²) >= 11 is 3.11. The zero-order chi connectivity index (χ0) is 13.7. The molecule has 0 saturated heterocycles. The van der Waals surface area contributed by atoms with Crippen LogP contribution in [0.4, 0.5) is 0 Å². The number of hydrogen-bond acceptors (Lipinski definition) is 2. The van der Waals surface area contributed by atoms with Gasteiger partial charge in [0.1, 0.15) is 0 Å². The fourth-order valence-corrected chi connectivity index (χ4v) is 7.28. The fraction of sp³-hybridized carbons (Fsp3) is 0.200. The van der Waals surface area contributed by atoms with Gasteiger partial charge in [0.15, 0.2) is 0 Å². The molecule has 19 heavy (non-hydrogen) atoms. The van der Waals surface area contributed by atoms with E-state index >= 15 is 0 Å². The van der Waals surface area contributed by atoms with E-state index in [2.05, 4.69) is 37.0 Å². The van der Waals surface area contributed by atoms with Crippen molar-refractivity contribution in [2.24, 2.45) is 0 Å².